The van der Waals surface area contributed by atoms with Crippen LogP contribution in [0.1, 0.15) is 0 Å². The van der Waals surface area contributed by atoms with Gasteiger partial charge < -0.3 is 9.47 Å². The Labute approximate surface area is 127 Å². The third kappa shape index (κ3) is 8.03. The molecule has 0 N–H and O–H groups in total. The van der Waals surface area contributed by atoms with Gasteiger partial charge in [0.15, 0.2) is 0 Å². The van der Waals surface area contributed by atoms with Crippen molar-refractivity contribution in [2.45, 2.75) is 9.65 Å². The number of rotatable bonds is 6. The zero-order valence-corrected chi connectivity index (χ0v) is 14.5. The van der Waals surface area contributed by atoms with Crippen molar-refractivity contribution in [2.75, 3.05) is 23.9 Å². The Morgan fingerprint density at radius 2 is 1.19 bits per heavy atom. The first-order valence-electron chi connectivity index (χ1n) is 4.25. The maximum absolute atomic E-state index is 11.1. The molecule has 8 heteroatoms. The fourth-order valence-electron chi connectivity index (χ4n) is 0.539. The van der Waals surface area contributed by atoms with Crippen molar-refractivity contribution in [3.63, 3.8) is 0 Å². The molecule has 2 atom stereocenters. The summed E-state index contributed by atoms with van der Waals surface area (Å²) >= 11 is 12.9. The first-order valence-corrected chi connectivity index (χ1v) is 8.32. The lowest BCUT2D eigenvalue weighted by molar-refractivity contribution is -0.167. The molecule has 2 unspecified atom stereocenters. The fourth-order valence-corrected chi connectivity index (χ4v) is 1.18. The standard InChI is InChI=1S/C8H10Br4O4/c9-1-5(11)3-15-7(13)8(14)16-4-6(12)2-10/h5-6H,1-4H2. The summed E-state index contributed by atoms with van der Waals surface area (Å²) in [5.74, 6) is -1.95. The molecule has 0 aliphatic rings. The molecule has 0 radical (unpaired) electrons. The van der Waals surface area contributed by atoms with Crippen molar-refractivity contribution in [1.29, 1.82) is 0 Å². The molecule has 0 aromatic heterocycles. The predicted octanol–water partition coefficient (Wildman–Crippen LogP) is 2.39. The minimum Gasteiger partial charge on any atom is -0.456 e. The molecule has 0 amide bonds. The lowest BCUT2D eigenvalue weighted by atomic mass is 10.5. The SMILES string of the molecule is O=C(OCC(Br)CBr)C(=O)OCC(Br)CBr. The van der Waals surface area contributed by atoms with Gasteiger partial charge in [-0.1, -0.05) is 63.7 Å². The van der Waals surface area contributed by atoms with E-state index < -0.39 is 11.9 Å². The van der Waals surface area contributed by atoms with E-state index in [1.165, 1.54) is 0 Å². The van der Waals surface area contributed by atoms with Gasteiger partial charge in [-0.2, -0.15) is 0 Å². The molecule has 0 fully saturated rings. The Kier molecular flexibility index (Phi) is 10.4. The Bertz CT molecular complexity index is 212. The lowest BCUT2D eigenvalue weighted by Gasteiger charge is -2.09. The quantitative estimate of drug-likeness (QED) is 0.327. The van der Waals surface area contributed by atoms with Crippen molar-refractivity contribution in [3.8, 4) is 0 Å². The second kappa shape index (κ2) is 9.85. The number of alkyl halides is 4. The average Bonchev–Trinajstić information content (AvgIpc) is 2.31. The summed E-state index contributed by atoms with van der Waals surface area (Å²) in [6, 6.07) is 0. The molecule has 0 aliphatic heterocycles. The molecule has 4 nitrogen and oxygen atoms in total. The Hall–Kier alpha value is 0.860. The highest BCUT2D eigenvalue weighted by atomic mass is 79.9. The molecule has 0 spiro atoms. The van der Waals surface area contributed by atoms with E-state index in [0.717, 1.165) is 0 Å². The molecule has 0 aliphatic carbocycles. The van der Waals surface area contributed by atoms with Crippen molar-refractivity contribution in [3.05, 3.63) is 0 Å². The van der Waals surface area contributed by atoms with Crippen molar-refractivity contribution < 1.29 is 19.1 Å². The normalized spacial score (nSPS) is 14.0. The minimum atomic E-state index is -0.973. The van der Waals surface area contributed by atoms with Crippen LogP contribution in [0, 0.1) is 0 Å². The molecular formula is C8H10Br4O4. The Morgan fingerprint density at radius 1 is 0.875 bits per heavy atom. The van der Waals surface area contributed by atoms with Crippen LogP contribution in [0.5, 0.6) is 0 Å². The van der Waals surface area contributed by atoms with Crippen LogP contribution < -0.4 is 0 Å². The summed E-state index contributed by atoms with van der Waals surface area (Å²) in [5, 5.41) is 1.25. The topological polar surface area (TPSA) is 52.6 Å². The van der Waals surface area contributed by atoms with Crippen molar-refractivity contribution in [2.24, 2.45) is 0 Å². The minimum absolute atomic E-state index is 0.0179. The zero-order chi connectivity index (χ0) is 12.6. The van der Waals surface area contributed by atoms with Gasteiger partial charge in [0.1, 0.15) is 13.2 Å². The van der Waals surface area contributed by atoms with E-state index >= 15 is 0 Å². The Balaban J connectivity index is 3.78. The van der Waals surface area contributed by atoms with Crippen LogP contribution in [0.4, 0.5) is 0 Å². The summed E-state index contributed by atoms with van der Waals surface area (Å²) in [6.45, 7) is 0.241. The monoisotopic (exact) mass is 486 g/mol. The molecule has 0 bridgehead atoms. The number of carbonyl (C=O) groups excluding carboxylic acids is 2. The van der Waals surface area contributed by atoms with E-state index in [-0.39, 0.29) is 22.9 Å². The fraction of sp³-hybridized carbons (Fsp3) is 0.750. The van der Waals surface area contributed by atoms with E-state index in [0.29, 0.717) is 10.7 Å². The smallest absolute Gasteiger partial charge is 0.417 e. The maximum atomic E-state index is 11.1. The molecule has 0 aromatic carbocycles. The second-order valence-corrected chi connectivity index (χ2v) is 6.58. The highest BCUT2D eigenvalue weighted by molar-refractivity contribution is 9.12. The van der Waals surface area contributed by atoms with Gasteiger partial charge in [-0.15, -0.1) is 0 Å². The van der Waals surface area contributed by atoms with Crippen LogP contribution in [0.15, 0.2) is 0 Å². The van der Waals surface area contributed by atoms with E-state index in [2.05, 4.69) is 63.7 Å². The third-order valence-corrected chi connectivity index (χ3v) is 5.77. The van der Waals surface area contributed by atoms with E-state index in [9.17, 15) is 9.59 Å². The number of hydrogen-bond acceptors (Lipinski definition) is 4. The summed E-state index contributed by atoms with van der Waals surface area (Å²) in [7, 11) is 0. The number of hydrogen-bond donors (Lipinski definition) is 0. The van der Waals surface area contributed by atoms with E-state index in [1.54, 1.807) is 0 Å². The van der Waals surface area contributed by atoms with Gasteiger partial charge in [0.25, 0.3) is 0 Å². The van der Waals surface area contributed by atoms with Gasteiger partial charge in [0.05, 0.1) is 9.65 Å². The summed E-state index contributed by atoms with van der Waals surface area (Å²) in [5.41, 5.74) is 0. The molecule has 0 saturated carbocycles. The van der Waals surface area contributed by atoms with Gasteiger partial charge in [-0.05, 0) is 0 Å². The molecule has 0 aromatic rings. The first kappa shape index (κ1) is 16.9. The van der Waals surface area contributed by atoms with Gasteiger partial charge >= 0.3 is 11.9 Å². The number of ether oxygens (including phenoxy) is 2. The highest BCUT2D eigenvalue weighted by Crippen LogP contribution is 2.06. The van der Waals surface area contributed by atoms with Gasteiger partial charge in [-0.25, -0.2) is 9.59 Å². The van der Waals surface area contributed by atoms with Crippen LogP contribution in [0.3, 0.4) is 0 Å². The summed E-state index contributed by atoms with van der Waals surface area (Å²) in [4.78, 5) is 22.2. The lowest BCUT2D eigenvalue weighted by Crippen LogP contribution is -2.26. The maximum Gasteiger partial charge on any atom is 0.417 e. The zero-order valence-electron chi connectivity index (χ0n) is 8.13. The van der Waals surface area contributed by atoms with E-state index in [1.807, 2.05) is 0 Å². The second-order valence-electron chi connectivity index (χ2n) is 2.70. The average molecular weight is 490 g/mol. The highest BCUT2D eigenvalue weighted by Gasteiger charge is 2.19. The van der Waals surface area contributed by atoms with Crippen molar-refractivity contribution in [1.82, 2.24) is 0 Å². The summed E-state index contributed by atoms with van der Waals surface area (Å²) < 4.78 is 9.41. The van der Waals surface area contributed by atoms with Gasteiger partial charge in [0, 0.05) is 10.7 Å². The number of carbonyl (C=O) groups is 2. The molecule has 16 heavy (non-hydrogen) atoms. The van der Waals surface area contributed by atoms with Crippen LogP contribution in [-0.4, -0.2) is 45.5 Å². The predicted molar refractivity (Wildman–Crippen MR) is 74.9 cm³/mol. The van der Waals surface area contributed by atoms with Crippen LogP contribution >= 0.6 is 63.7 Å². The number of esters is 2. The van der Waals surface area contributed by atoms with Gasteiger partial charge in [0.2, 0.25) is 0 Å². The van der Waals surface area contributed by atoms with Crippen LogP contribution in [0.2, 0.25) is 0 Å². The molecule has 0 saturated heterocycles. The molecule has 0 rings (SSSR count). The molecule has 0 heterocycles. The first-order chi connectivity index (χ1) is 7.51. The molecular weight excluding hydrogens is 480 g/mol. The van der Waals surface area contributed by atoms with Crippen molar-refractivity contribution >= 4 is 75.7 Å². The Morgan fingerprint density at radius 3 is 1.44 bits per heavy atom. The third-order valence-electron chi connectivity index (χ3n) is 1.29. The van der Waals surface area contributed by atoms with Crippen LogP contribution in [-0.2, 0) is 19.1 Å². The number of halogens is 4. The van der Waals surface area contributed by atoms with Gasteiger partial charge in [-0.3, -0.25) is 0 Å². The van der Waals surface area contributed by atoms with E-state index in [4.69, 9.17) is 9.47 Å². The molecule has 94 valence electrons. The largest absolute Gasteiger partial charge is 0.456 e. The summed E-state index contributed by atoms with van der Waals surface area (Å²) in [6.07, 6.45) is 0. The van der Waals surface area contributed by atoms with Crippen LogP contribution in [0.25, 0.3) is 0 Å².